The first-order valence-electron chi connectivity index (χ1n) is 8.61. The van der Waals surface area contributed by atoms with Gasteiger partial charge in [-0.05, 0) is 36.4 Å². The number of carbonyl (C=O) groups is 1. The van der Waals surface area contributed by atoms with E-state index in [0.29, 0.717) is 5.75 Å². The molecule has 0 fully saturated rings. The van der Waals surface area contributed by atoms with Crippen LogP contribution in [0.4, 0.5) is 0 Å². The SMILES string of the molecule is COC(=O)c1ccc(S(=O)(=O)NCC#CCOc2cccc3cccnc23)cc1. The quantitative estimate of drug-likeness (QED) is 0.495. The third kappa shape index (κ3) is 5.10. The van der Waals surface area contributed by atoms with Gasteiger partial charge in [0.1, 0.15) is 17.9 Å². The lowest BCUT2D eigenvalue weighted by Gasteiger charge is -2.05. The second kappa shape index (κ2) is 9.19. The number of nitrogens with zero attached hydrogens (tertiary/aromatic N) is 1. The summed E-state index contributed by atoms with van der Waals surface area (Å²) < 4.78 is 37.1. The van der Waals surface area contributed by atoms with Gasteiger partial charge in [-0.2, -0.15) is 4.72 Å². The van der Waals surface area contributed by atoms with Gasteiger partial charge in [-0.3, -0.25) is 4.98 Å². The Balaban J connectivity index is 1.54. The van der Waals surface area contributed by atoms with Crippen LogP contribution in [0.25, 0.3) is 10.9 Å². The molecule has 29 heavy (non-hydrogen) atoms. The van der Waals surface area contributed by atoms with Gasteiger partial charge >= 0.3 is 5.97 Å². The zero-order valence-corrected chi connectivity index (χ0v) is 16.4. The van der Waals surface area contributed by atoms with Crippen molar-refractivity contribution in [1.29, 1.82) is 0 Å². The zero-order chi connectivity index (χ0) is 20.7. The Labute approximate surface area is 168 Å². The predicted molar refractivity (Wildman–Crippen MR) is 108 cm³/mol. The number of nitrogens with one attached hydrogen (secondary N) is 1. The Kier molecular flexibility index (Phi) is 6.44. The van der Waals surface area contributed by atoms with Crippen LogP contribution in [0.2, 0.25) is 0 Å². The fraction of sp³-hybridized carbons (Fsp3) is 0.143. The molecule has 0 aliphatic rings. The topological polar surface area (TPSA) is 94.6 Å². The first kappa shape index (κ1) is 20.3. The molecule has 7 nitrogen and oxygen atoms in total. The first-order chi connectivity index (χ1) is 14.0. The van der Waals surface area contributed by atoms with E-state index in [9.17, 15) is 13.2 Å². The average molecular weight is 410 g/mol. The lowest BCUT2D eigenvalue weighted by molar-refractivity contribution is 0.0600. The van der Waals surface area contributed by atoms with Gasteiger partial charge in [0.25, 0.3) is 0 Å². The minimum Gasteiger partial charge on any atom is -0.479 e. The Morgan fingerprint density at radius 2 is 1.83 bits per heavy atom. The van der Waals surface area contributed by atoms with Crippen LogP contribution in [0.3, 0.4) is 0 Å². The number of benzene rings is 2. The number of aromatic nitrogens is 1. The molecule has 1 aromatic heterocycles. The van der Waals surface area contributed by atoms with Crippen molar-refractivity contribution in [3.63, 3.8) is 0 Å². The molecular weight excluding hydrogens is 392 g/mol. The van der Waals surface area contributed by atoms with E-state index in [2.05, 4.69) is 26.3 Å². The van der Waals surface area contributed by atoms with Crippen LogP contribution in [0.1, 0.15) is 10.4 Å². The highest BCUT2D eigenvalue weighted by atomic mass is 32.2. The van der Waals surface area contributed by atoms with Crippen LogP contribution < -0.4 is 9.46 Å². The van der Waals surface area contributed by atoms with E-state index >= 15 is 0 Å². The van der Waals surface area contributed by atoms with E-state index in [1.165, 1.54) is 31.4 Å². The molecule has 0 aliphatic heterocycles. The normalized spacial score (nSPS) is 10.8. The van der Waals surface area contributed by atoms with Crippen molar-refractivity contribution in [2.45, 2.75) is 4.90 Å². The third-order valence-corrected chi connectivity index (χ3v) is 5.37. The summed E-state index contributed by atoms with van der Waals surface area (Å²) in [6.07, 6.45) is 1.69. The van der Waals surface area contributed by atoms with Crippen LogP contribution in [0, 0.1) is 11.8 Å². The molecule has 0 unspecified atom stereocenters. The van der Waals surface area contributed by atoms with Crippen LogP contribution in [0.5, 0.6) is 5.75 Å². The molecular formula is C21H18N2O5S. The molecule has 1 heterocycles. The van der Waals surface area contributed by atoms with Crippen LogP contribution in [-0.2, 0) is 14.8 Å². The molecule has 0 spiro atoms. The summed E-state index contributed by atoms with van der Waals surface area (Å²) in [6, 6.07) is 14.8. The molecule has 3 rings (SSSR count). The lowest BCUT2D eigenvalue weighted by Crippen LogP contribution is -2.24. The van der Waals surface area contributed by atoms with E-state index in [-0.39, 0.29) is 23.6 Å². The molecule has 0 aliphatic carbocycles. The summed E-state index contributed by atoms with van der Waals surface area (Å²) in [5, 5.41) is 0.962. The molecule has 1 N–H and O–H groups in total. The molecule has 0 bridgehead atoms. The van der Waals surface area contributed by atoms with Gasteiger partial charge in [-0.1, -0.05) is 30.0 Å². The van der Waals surface area contributed by atoms with Crippen molar-refractivity contribution in [1.82, 2.24) is 9.71 Å². The number of carbonyl (C=O) groups excluding carboxylic acids is 1. The van der Waals surface area contributed by atoms with Gasteiger partial charge < -0.3 is 9.47 Å². The number of para-hydroxylation sites is 1. The number of hydrogen-bond acceptors (Lipinski definition) is 6. The lowest BCUT2D eigenvalue weighted by atomic mass is 10.2. The maximum Gasteiger partial charge on any atom is 0.337 e. The number of sulfonamides is 1. The highest BCUT2D eigenvalue weighted by Crippen LogP contribution is 2.22. The second-order valence-electron chi connectivity index (χ2n) is 5.81. The molecule has 0 saturated carbocycles. The summed E-state index contributed by atoms with van der Waals surface area (Å²) in [6.45, 7) is 0.0312. The first-order valence-corrected chi connectivity index (χ1v) is 10.1. The van der Waals surface area contributed by atoms with Crippen LogP contribution in [-0.4, -0.2) is 39.6 Å². The summed E-state index contributed by atoms with van der Waals surface area (Å²) in [7, 11) is -2.48. The average Bonchev–Trinajstić information content (AvgIpc) is 2.75. The van der Waals surface area contributed by atoms with Gasteiger partial charge in [0.15, 0.2) is 0 Å². The minimum atomic E-state index is -3.73. The zero-order valence-electron chi connectivity index (χ0n) is 15.6. The number of ether oxygens (including phenoxy) is 2. The van der Waals surface area contributed by atoms with E-state index in [1.807, 2.05) is 24.3 Å². The van der Waals surface area contributed by atoms with Crippen molar-refractivity contribution < 1.29 is 22.7 Å². The summed E-state index contributed by atoms with van der Waals surface area (Å²) in [5.41, 5.74) is 1.01. The van der Waals surface area contributed by atoms with E-state index in [4.69, 9.17) is 4.74 Å². The molecule has 3 aromatic rings. The van der Waals surface area contributed by atoms with Gasteiger partial charge in [0, 0.05) is 11.6 Å². The Hall–Kier alpha value is -3.41. The van der Waals surface area contributed by atoms with Crippen molar-refractivity contribution in [3.05, 3.63) is 66.4 Å². The van der Waals surface area contributed by atoms with Crippen molar-refractivity contribution >= 4 is 26.9 Å². The second-order valence-corrected chi connectivity index (χ2v) is 7.58. The Morgan fingerprint density at radius 3 is 2.59 bits per heavy atom. The minimum absolute atomic E-state index is 0.0324. The predicted octanol–water partition coefficient (Wildman–Crippen LogP) is 2.38. The molecule has 0 radical (unpaired) electrons. The Bertz CT molecular complexity index is 1170. The van der Waals surface area contributed by atoms with Gasteiger partial charge in [-0.25, -0.2) is 13.2 Å². The number of esters is 1. The van der Waals surface area contributed by atoms with Gasteiger partial charge in [0.05, 0.1) is 24.1 Å². The highest BCUT2D eigenvalue weighted by Gasteiger charge is 2.14. The molecule has 148 valence electrons. The van der Waals surface area contributed by atoms with E-state index < -0.39 is 16.0 Å². The number of methoxy groups -OCH3 is 1. The fourth-order valence-corrected chi connectivity index (χ4v) is 3.45. The van der Waals surface area contributed by atoms with Crippen molar-refractivity contribution in [2.75, 3.05) is 20.3 Å². The highest BCUT2D eigenvalue weighted by molar-refractivity contribution is 7.89. The van der Waals surface area contributed by atoms with Crippen LogP contribution >= 0.6 is 0 Å². The summed E-state index contributed by atoms with van der Waals surface area (Å²) in [5.74, 6) is 5.56. The number of rotatable bonds is 6. The monoisotopic (exact) mass is 410 g/mol. The van der Waals surface area contributed by atoms with Gasteiger partial charge in [-0.15, -0.1) is 0 Å². The number of hydrogen-bond donors (Lipinski definition) is 1. The van der Waals surface area contributed by atoms with Crippen LogP contribution in [0.15, 0.2) is 65.7 Å². The largest absolute Gasteiger partial charge is 0.479 e. The van der Waals surface area contributed by atoms with E-state index in [0.717, 1.165) is 10.9 Å². The summed E-state index contributed by atoms with van der Waals surface area (Å²) in [4.78, 5) is 15.7. The molecule has 2 aromatic carbocycles. The number of fused-ring (bicyclic) bond motifs is 1. The molecule has 0 saturated heterocycles. The van der Waals surface area contributed by atoms with E-state index in [1.54, 1.807) is 12.3 Å². The summed E-state index contributed by atoms with van der Waals surface area (Å²) >= 11 is 0. The Morgan fingerprint density at radius 1 is 1.07 bits per heavy atom. The maximum atomic E-state index is 12.2. The van der Waals surface area contributed by atoms with Crippen molar-refractivity contribution in [2.24, 2.45) is 0 Å². The molecule has 8 heteroatoms. The molecule has 0 amide bonds. The van der Waals surface area contributed by atoms with Gasteiger partial charge in [0.2, 0.25) is 10.0 Å². The maximum absolute atomic E-state index is 12.2. The molecule has 0 atom stereocenters. The number of pyridine rings is 1. The third-order valence-electron chi connectivity index (χ3n) is 3.96. The van der Waals surface area contributed by atoms with Crippen molar-refractivity contribution in [3.8, 4) is 17.6 Å². The standard InChI is InChI=1S/C21H18N2O5S/c1-27-21(24)17-9-11-18(12-10-17)29(25,26)23-14-2-3-15-28-19-8-4-6-16-7-5-13-22-20(16)19/h4-13,23H,14-15H2,1H3. The smallest absolute Gasteiger partial charge is 0.337 e. The fourth-order valence-electron chi connectivity index (χ4n) is 2.52.